The Morgan fingerprint density at radius 2 is 2.09 bits per heavy atom. The highest BCUT2D eigenvalue weighted by atomic mass is 16.3. The van der Waals surface area contributed by atoms with Crippen LogP contribution in [0.4, 0.5) is 0 Å². The molecule has 0 spiro atoms. The quantitative estimate of drug-likeness (QED) is 0.542. The minimum absolute atomic E-state index is 0.225. The fourth-order valence-electron chi connectivity index (χ4n) is 3.38. The molecule has 0 aromatic carbocycles. The van der Waals surface area contributed by atoms with Crippen LogP contribution in [-0.4, -0.2) is 34.2 Å². The molecule has 4 fully saturated rings. The molecule has 2 saturated heterocycles. The molecule has 0 aromatic rings. The SMILES string of the molecule is OC1(C23CN2C3)CCC2CC21. The first-order chi connectivity index (χ1) is 5.26. The van der Waals surface area contributed by atoms with Gasteiger partial charge in [0.05, 0.1) is 11.1 Å². The van der Waals surface area contributed by atoms with Gasteiger partial charge in [0, 0.05) is 13.1 Å². The van der Waals surface area contributed by atoms with Gasteiger partial charge in [-0.15, -0.1) is 0 Å². The maximum absolute atomic E-state index is 10.4. The van der Waals surface area contributed by atoms with Crippen LogP contribution in [0.2, 0.25) is 0 Å². The minimum Gasteiger partial charge on any atom is -0.388 e. The smallest absolute Gasteiger partial charge is 0.0886 e. The summed E-state index contributed by atoms with van der Waals surface area (Å²) in [6.45, 7) is 2.40. The zero-order chi connectivity index (χ0) is 7.27. The molecule has 2 aliphatic heterocycles. The highest BCUT2D eigenvalue weighted by molar-refractivity contribution is 5.37. The van der Waals surface area contributed by atoms with E-state index < -0.39 is 0 Å². The molecule has 2 heterocycles. The lowest BCUT2D eigenvalue weighted by Crippen LogP contribution is -2.41. The lowest BCUT2D eigenvalue weighted by Gasteiger charge is -2.26. The third-order valence-corrected chi connectivity index (χ3v) is 4.54. The fourth-order valence-corrected chi connectivity index (χ4v) is 3.38. The Morgan fingerprint density at radius 3 is 2.45 bits per heavy atom. The maximum atomic E-state index is 10.4. The molecule has 3 atom stereocenters. The summed E-state index contributed by atoms with van der Waals surface area (Å²) in [5, 5.41) is 10.4. The van der Waals surface area contributed by atoms with Crippen LogP contribution in [-0.2, 0) is 0 Å². The van der Waals surface area contributed by atoms with Crippen LogP contribution in [0.5, 0.6) is 0 Å². The molecule has 2 heteroatoms. The van der Waals surface area contributed by atoms with Crippen molar-refractivity contribution in [3.63, 3.8) is 0 Å². The topological polar surface area (TPSA) is 23.2 Å². The maximum Gasteiger partial charge on any atom is 0.0886 e. The normalized spacial score (nSPS) is 75.5. The van der Waals surface area contributed by atoms with Crippen molar-refractivity contribution in [1.29, 1.82) is 0 Å². The van der Waals surface area contributed by atoms with E-state index in [0.717, 1.165) is 12.3 Å². The van der Waals surface area contributed by atoms with Crippen LogP contribution in [0.3, 0.4) is 0 Å². The molecule has 11 heavy (non-hydrogen) atoms. The van der Waals surface area contributed by atoms with Crippen molar-refractivity contribution in [2.24, 2.45) is 11.8 Å². The van der Waals surface area contributed by atoms with Gasteiger partial charge in [-0.25, -0.2) is 0 Å². The summed E-state index contributed by atoms with van der Waals surface area (Å²) >= 11 is 0. The van der Waals surface area contributed by atoms with Crippen molar-refractivity contribution in [3.05, 3.63) is 0 Å². The number of nitrogens with zero attached hydrogens (tertiary/aromatic N) is 1. The van der Waals surface area contributed by atoms with Crippen LogP contribution in [0.1, 0.15) is 19.3 Å². The van der Waals surface area contributed by atoms with Crippen LogP contribution in [0, 0.1) is 11.8 Å². The van der Waals surface area contributed by atoms with E-state index in [1.54, 1.807) is 0 Å². The average molecular weight is 151 g/mol. The fraction of sp³-hybridized carbons (Fsp3) is 1.00. The number of hydrogen-bond acceptors (Lipinski definition) is 2. The first-order valence-corrected chi connectivity index (χ1v) is 4.74. The van der Waals surface area contributed by atoms with E-state index in [-0.39, 0.29) is 5.60 Å². The van der Waals surface area contributed by atoms with Crippen molar-refractivity contribution < 1.29 is 5.11 Å². The summed E-state index contributed by atoms with van der Waals surface area (Å²) in [5.41, 5.74) is 0.112. The lowest BCUT2D eigenvalue weighted by atomic mass is 9.85. The predicted octanol–water partition coefficient (Wildman–Crippen LogP) is 0.215. The van der Waals surface area contributed by atoms with Crippen molar-refractivity contribution in [2.45, 2.75) is 30.4 Å². The summed E-state index contributed by atoms with van der Waals surface area (Å²) in [4.78, 5) is 2.41. The van der Waals surface area contributed by atoms with Crippen molar-refractivity contribution >= 4 is 0 Å². The molecule has 0 radical (unpaired) electrons. The molecule has 2 aliphatic carbocycles. The number of rotatable bonds is 1. The second-order valence-electron chi connectivity index (χ2n) is 4.95. The third-order valence-electron chi connectivity index (χ3n) is 4.54. The highest BCUT2D eigenvalue weighted by Crippen LogP contribution is 2.70. The Hall–Kier alpha value is -0.0800. The highest BCUT2D eigenvalue weighted by Gasteiger charge is 2.82. The Kier molecular flexibility index (Phi) is 0.592. The second-order valence-corrected chi connectivity index (χ2v) is 4.95. The Bertz CT molecular complexity index is 246. The van der Waals surface area contributed by atoms with Crippen molar-refractivity contribution in [2.75, 3.05) is 13.1 Å². The van der Waals surface area contributed by atoms with E-state index in [1.807, 2.05) is 0 Å². The van der Waals surface area contributed by atoms with Crippen LogP contribution in [0.25, 0.3) is 0 Å². The second kappa shape index (κ2) is 1.17. The molecule has 2 nitrogen and oxygen atoms in total. The van der Waals surface area contributed by atoms with Gasteiger partial charge >= 0.3 is 0 Å². The van der Waals surface area contributed by atoms with E-state index in [0.29, 0.717) is 11.5 Å². The molecular weight excluding hydrogens is 138 g/mol. The molecule has 2 saturated carbocycles. The summed E-state index contributed by atoms with van der Waals surface area (Å²) in [6, 6.07) is 0. The van der Waals surface area contributed by atoms with Gasteiger partial charge in [0.2, 0.25) is 0 Å². The van der Waals surface area contributed by atoms with Crippen LogP contribution < -0.4 is 0 Å². The van der Waals surface area contributed by atoms with Gasteiger partial charge in [0.25, 0.3) is 0 Å². The molecule has 3 unspecified atom stereocenters. The summed E-state index contributed by atoms with van der Waals surface area (Å²) < 4.78 is 0. The summed E-state index contributed by atoms with van der Waals surface area (Å²) in [6.07, 6.45) is 3.72. The molecule has 0 bridgehead atoms. The molecule has 1 N–H and O–H groups in total. The van der Waals surface area contributed by atoms with E-state index in [2.05, 4.69) is 4.90 Å². The van der Waals surface area contributed by atoms with E-state index >= 15 is 0 Å². The molecule has 0 amide bonds. The number of aliphatic hydroxyl groups is 1. The van der Waals surface area contributed by atoms with Gasteiger partial charge < -0.3 is 5.11 Å². The summed E-state index contributed by atoms with van der Waals surface area (Å²) in [5.74, 6) is 1.62. The zero-order valence-electron chi connectivity index (χ0n) is 6.58. The molecule has 60 valence electrons. The zero-order valence-corrected chi connectivity index (χ0v) is 6.58. The Labute approximate surface area is 66.2 Å². The van der Waals surface area contributed by atoms with Gasteiger partial charge in [-0.05, 0) is 31.1 Å². The van der Waals surface area contributed by atoms with E-state index in [4.69, 9.17) is 0 Å². The molecule has 4 aliphatic rings. The Morgan fingerprint density at radius 1 is 1.36 bits per heavy atom. The van der Waals surface area contributed by atoms with Gasteiger partial charge in [-0.1, -0.05) is 0 Å². The van der Waals surface area contributed by atoms with Gasteiger partial charge in [-0.3, -0.25) is 4.90 Å². The van der Waals surface area contributed by atoms with E-state index in [9.17, 15) is 5.11 Å². The summed E-state index contributed by atoms with van der Waals surface area (Å²) in [7, 11) is 0. The number of hydrogen-bond donors (Lipinski definition) is 1. The van der Waals surface area contributed by atoms with Crippen LogP contribution in [0.15, 0.2) is 0 Å². The predicted molar refractivity (Wildman–Crippen MR) is 40.1 cm³/mol. The molecule has 0 aromatic heterocycles. The average Bonchev–Trinajstić information content (AvgIpc) is 2.80. The Balaban J connectivity index is 1.77. The standard InChI is InChI=1S/C9H13NO/c11-9(8-4-10(8)5-8)2-1-6-3-7(6)9/h6-7,11H,1-5H2. The van der Waals surface area contributed by atoms with Gasteiger partial charge in [-0.2, -0.15) is 0 Å². The first kappa shape index (κ1) is 5.55. The number of fused-ring (bicyclic) bond motifs is 2. The van der Waals surface area contributed by atoms with Gasteiger partial charge in [0.1, 0.15) is 0 Å². The molecule has 4 rings (SSSR count). The largest absolute Gasteiger partial charge is 0.388 e. The third kappa shape index (κ3) is 0.411. The lowest BCUT2D eigenvalue weighted by molar-refractivity contribution is 0.00874. The minimum atomic E-state index is -0.225. The van der Waals surface area contributed by atoms with Crippen molar-refractivity contribution in [1.82, 2.24) is 4.90 Å². The molecular formula is C9H13NO. The van der Waals surface area contributed by atoms with E-state index in [1.165, 1.54) is 25.9 Å². The van der Waals surface area contributed by atoms with Gasteiger partial charge in [0.15, 0.2) is 0 Å². The first-order valence-electron chi connectivity index (χ1n) is 4.74. The van der Waals surface area contributed by atoms with Crippen molar-refractivity contribution in [3.8, 4) is 0 Å². The van der Waals surface area contributed by atoms with Crippen LogP contribution >= 0.6 is 0 Å². The monoisotopic (exact) mass is 151 g/mol.